The molecule has 0 spiro atoms. The fraction of sp³-hybridized carbons (Fsp3) is 0.308. The fourth-order valence-corrected chi connectivity index (χ4v) is 1.47. The van der Waals surface area contributed by atoms with Crippen LogP contribution in [0.5, 0.6) is 5.75 Å². The van der Waals surface area contributed by atoms with E-state index in [1.165, 1.54) is 0 Å². The van der Waals surface area contributed by atoms with E-state index in [-0.39, 0.29) is 11.8 Å². The largest absolute Gasteiger partial charge is 0.497 e. The Hall–Kier alpha value is -1.97. The lowest BCUT2D eigenvalue weighted by molar-refractivity contribution is -0.122. The van der Waals surface area contributed by atoms with Crippen molar-refractivity contribution in [3.63, 3.8) is 0 Å². The highest BCUT2D eigenvalue weighted by Crippen LogP contribution is 2.28. The molecule has 0 atom stereocenters. The van der Waals surface area contributed by atoms with Crippen molar-refractivity contribution in [2.24, 2.45) is 5.92 Å². The molecule has 0 saturated heterocycles. The second kappa shape index (κ2) is 4.91. The van der Waals surface area contributed by atoms with Crippen LogP contribution >= 0.6 is 0 Å². The molecule has 0 aliphatic heterocycles. The van der Waals surface area contributed by atoms with E-state index in [2.05, 4.69) is 17.4 Å². The summed E-state index contributed by atoms with van der Waals surface area (Å²) < 4.78 is 5.12. The number of amides is 1. The number of nitrogens with one attached hydrogen (secondary N) is 2. The van der Waals surface area contributed by atoms with Gasteiger partial charge in [0.05, 0.1) is 12.8 Å². The van der Waals surface area contributed by atoms with E-state index in [0.717, 1.165) is 24.2 Å². The maximum atomic E-state index is 11.4. The van der Waals surface area contributed by atoms with Crippen molar-refractivity contribution in [3.8, 4) is 5.75 Å². The van der Waals surface area contributed by atoms with Gasteiger partial charge in [0.1, 0.15) is 5.75 Å². The summed E-state index contributed by atoms with van der Waals surface area (Å²) in [6.07, 6.45) is 1.97. The van der Waals surface area contributed by atoms with E-state index in [4.69, 9.17) is 4.74 Å². The van der Waals surface area contributed by atoms with Gasteiger partial charge in [0.15, 0.2) is 0 Å². The van der Waals surface area contributed by atoms with Crippen molar-refractivity contribution in [1.82, 2.24) is 10.9 Å². The van der Waals surface area contributed by atoms with E-state index in [1.807, 2.05) is 24.3 Å². The Bertz CT molecular complexity index is 439. The topological polar surface area (TPSA) is 50.4 Å². The standard InChI is InChI=1S/C13H16N2O2/c1-9(14-15-13(16)10-6-7-10)11-4-3-5-12(8-11)17-2/h3-5,8,10,14H,1,6-7H2,2H3,(H,15,16). The number of hydrogen-bond acceptors (Lipinski definition) is 3. The average Bonchev–Trinajstić information content (AvgIpc) is 3.19. The molecule has 1 saturated carbocycles. The summed E-state index contributed by atoms with van der Waals surface area (Å²) in [5, 5.41) is 0. The predicted molar refractivity (Wildman–Crippen MR) is 66.0 cm³/mol. The predicted octanol–water partition coefficient (Wildman–Crippen LogP) is 1.70. The highest BCUT2D eigenvalue weighted by molar-refractivity contribution is 5.81. The third kappa shape index (κ3) is 3.00. The van der Waals surface area contributed by atoms with Crippen LogP contribution < -0.4 is 15.6 Å². The molecule has 0 heterocycles. The highest BCUT2D eigenvalue weighted by Gasteiger charge is 2.29. The van der Waals surface area contributed by atoms with Crippen LogP contribution in [0.4, 0.5) is 0 Å². The molecule has 1 fully saturated rings. The van der Waals surface area contributed by atoms with Gasteiger partial charge < -0.3 is 4.74 Å². The maximum Gasteiger partial charge on any atom is 0.241 e. The first-order valence-corrected chi connectivity index (χ1v) is 5.60. The van der Waals surface area contributed by atoms with E-state index in [1.54, 1.807) is 7.11 Å². The number of carbonyl (C=O) groups is 1. The zero-order valence-corrected chi connectivity index (χ0v) is 9.82. The Labute approximate surface area is 101 Å². The molecule has 0 aromatic heterocycles. The molecule has 2 N–H and O–H groups in total. The quantitative estimate of drug-likeness (QED) is 0.760. The fourth-order valence-electron chi connectivity index (χ4n) is 1.47. The van der Waals surface area contributed by atoms with Crippen molar-refractivity contribution >= 4 is 11.6 Å². The minimum atomic E-state index is 0.0362. The summed E-state index contributed by atoms with van der Waals surface area (Å²) in [6.45, 7) is 3.87. The first-order chi connectivity index (χ1) is 8.20. The Morgan fingerprint density at radius 1 is 1.41 bits per heavy atom. The van der Waals surface area contributed by atoms with Gasteiger partial charge in [-0.2, -0.15) is 0 Å². The number of benzene rings is 1. The molecule has 17 heavy (non-hydrogen) atoms. The van der Waals surface area contributed by atoms with E-state index < -0.39 is 0 Å². The molecule has 0 radical (unpaired) electrons. The van der Waals surface area contributed by atoms with Crippen LogP contribution in [-0.4, -0.2) is 13.0 Å². The molecule has 0 bridgehead atoms. The zero-order valence-electron chi connectivity index (χ0n) is 9.82. The molecule has 1 aliphatic rings. The van der Waals surface area contributed by atoms with Crippen LogP contribution in [-0.2, 0) is 4.79 Å². The first-order valence-electron chi connectivity index (χ1n) is 5.60. The van der Waals surface area contributed by atoms with Crippen LogP contribution in [0.25, 0.3) is 5.70 Å². The number of methoxy groups -OCH3 is 1. The summed E-state index contributed by atoms with van der Waals surface area (Å²) >= 11 is 0. The molecule has 2 rings (SSSR count). The number of rotatable bonds is 5. The lowest BCUT2D eigenvalue weighted by Crippen LogP contribution is -2.36. The van der Waals surface area contributed by atoms with Crippen LogP contribution in [0.2, 0.25) is 0 Å². The summed E-state index contributed by atoms with van der Waals surface area (Å²) in [4.78, 5) is 11.4. The second-order valence-electron chi connectivity index (χ2n) is 4.10. The summed E-state index contributed by atoms with van der Waals surface area (Å²) in [5.41, 5.74) is 7.01. The SMILES string of the molecule is C=C(NNC(=O)C1CC1)c1cccc(OC)c1. The summed E-state index contributed by atoms with van der Waals surface area (Å²) in [7, 11) is 1.62. The third-order valence-electron chi connectivity index (χ3n) is 2.70. The molecular weight excluding hydrogens is 216 g/mol. The Balaban J connectivity index is 1.91. The van der Waals surface area contributed by atoms with E-state index >= 15 is 0 Å². The third-order valence-corrected chi connectivity index (χ3v) is 2.70. The number of carbonyl (C=O) groups excluding carboxylic acids is 1. The average molecular weight is 232 g/mol. The van der Waals surface area contributed by atoms with Crippen LogP contribution in [0.1, 0.15) is 18.4 Å². The van der Waals surface area contributed by atoms with Gasteiger partial charge in [-0.1, -0.05) is 18.7 Å². The summed E-state index contributed by atoms with van der Waals surface area (Å²) in [6, 6.07) is 7.50. The first kappa shape index (κ1) is 11.5. The highest BCUT2D eigenvalue weighted by atomic mass is 16.5. The minimum Gasteiger partial charge on any atom is -0.497 e. The normalized spacial score (nSPS) is 13.9. The van der Waals surface area contributed by atoms with Gasteiger partial charge in [-0.25, -0.2) is 0 Å². The van der Waals surface area contributed by atoms with Gasteiger partial charge in [-0.15, -0.1) is 0 Å². The van der Waals surface area contributed by atoms with Gasteiger partial charge in [0.2, 0.25) is 5.91 Å². The number of hydrazine groups is 1. The van der Waals surface area contributed by atoms with Crippen molar-refractivity contribution in [2.45, 2.75) is 12.8 Å². The van der Waals surface area contributed by atoms with Crippen molar-refractivity contribution in [1.29, 1.82) is 0 Å². The van der Waals surface area contributed by atoms with Gasteiger partial charge in [-0.3, -0.25) is 15.6 Å². The molecule has 1 aromatic rings. The van der Waals surface area contributed by atoms with Gasteiger partial charge in [0.25, 0.3) is 0 Å². The molecular formula is C13H16N2O2. The molecule has 0 unspecified atom stereocenters. The molecule has 1 aliphatic carbocycles. The summed E-state index contributed by atoms with van der Waals surface area (Å²) in [5.74, 6) is 0.980. The van der Waals surface area contributed by atoms with E-state index in [9.17, 15) is 4.79 Å². The van der Waals surface area contributed by atoms with Crippen LogP contribution in [0.15, 0.2) is 30.8 Å². The lowest BCUT2D eigenvalue weighted by atomic mass is 10.2. The molecule has 4 nitrogen and oxygen atoms in total. The monoisotopic (exact) mass is 232 g/mol. The zero-order chi connectivity index (χ0) is 12.3. The van der Waals surface area contributed by atoms with Crippen LogP contribution in [0, 0.1) is 5.92 Å². The molecule has 4 heteroatoms. The molecule has 90 valence electrons. The minimum absolute atomic E-state index is 0.0362. The number of ether oxygens (including phenoxy) is 1. The van der Waals surface area contributed by atoms with Crippen molar-refractivity contribution < 1.29 is 9.53 Å². The van der Waals surface area contributed by atoms with E-state index in [0.29, 0.717) is 5.70 Å². The van der Waals surface area contributed by atoms with Gasteiger partial charge in [0, 0.05) is 11.5 Å². The Morgan fingerprint density at radius 2 is 2.18 bits per heavy atom. The second-order valence-corrected chi connectivity index (χ2v) is 4.10. The molecule has 1 aromatic carbocycles. The van der Waals surface area contributed by atoms with Crippen molar-refractivity contribution in [2.75, 3.05) is 7.11 Å². The smallest absolute Gasteiger partial charge is 0.241 e. The van der Waals surface area contributed by atoms with Crippen molar-refractivity contribution in [3.05, 3.63) is 36.4 Å². The number of hydrogen-bond donors (Lipinski definition) is 2. The van der Waals surface area contributed by atoms with Gasteiger partial charge >= 0.3 is 0 Å². The van der Waals surface area contributed by atoms with Gasteiger partial charge in [-0.05, 0) is 25.0 Å². The Morgan fingerprint density at radius 3 is 2.82 bits per heavy atom. The molecule has 1 amide bonds. The Kier molecular flexibility index (Phi) is 3.32. The lowest BCUT2D eigenvalue weighted by Gasteiger charge is -2.11. The maximum absolute atomic E-state index is 11.4. The van der Waals surface area contributed by atoms with Crippen LogP contribution in [0.3, 0.4) is 0 Å².